The molecule has 0 amide bonds. The molecule has 1 aliphatic carbocycles. The summed E-state index contributed by atoms with van der Waals surface area (Å²) in [6.45, 7) is 3.29. The van der Waals surface area contributed by atoms with Crippen LogP contribution >= 0.6 is 0 Å². The number of carboxylic acid groups (broad SMARTS) is 1. The SMILES string of the molecule is CC(C)c1c(F)c(F)cc2c1c(=O)c(C(=O)O)cn2C1CC1. The van der Waals surface area contributed by atoms with Gasteiger partial charge in [-0.1, -0.05) is 13.8 Å². The van der Waals surface area contributed by atoms with E-state index in [0.717, 1.165) is 18.9 Å². The van der Waals surface area contributed by atoms with Crippen LogP contribution < -0.4 is 5.43 Å². The average Bonchev–Trinajstić information content (AvgIpc) is 3.25. The fraction of sp³-hybridized carbons (Fsp3) is 0.375. The highest BCUT2D eigenvalue weighted by Gasteiger charge is 2.29. The average molecular weight is 307 g/mol. The van der Waals surface area contributed by atoms with Gasteiger partial charge in [0.05, 0.1) is 10.9 Å². The topological polar surface area (TPSA) is 59.3 Å². The second kappa shape index (κ2) is 4.90. The lowest BCUT2D eigenvalue weighted by molar-refractivity contribution is 0.0695. The quantitative estimate of drug-likeness (QED) is 0.945. The molecule has 4 nitrogen and oxygen atoms in total. The zero-order valence-electron chi connectivity index (χ0n) is 12.2. The first-order valence-corrected chi connectivity index (χ1v) is 7.13. The molecule has 2 aromatic rings. The van der Waals surface area contributed by atoms with Crippen LogP contribution in [0, 0.1) is 11.6 Å². The summed E-state index contributed by atoms with van der Waals surface area (Å²) in [6, 6.07) is 1.02. The monoisotopic (exact) mass is 307 g/mol. The van der Waals surface area contributed by atoms with Crippen molar-refractivity contribution >= 4 is 16.9 Å². The Morgan fingerprint density at radius 1 is 1.36 bits per heavy atom. The van der Waals surface area contributed by atoms with Crippen molar-refractivity contribution in [3.63, 3.8) is 0 Å². The molecule has 1 heterocycles. The Morgan fingerprint density at radius 2 is 2.00 bits per heavy atom. The molecule has 6 heteroatoms. The lowest BCUT2D eigenvalue weighted by Crippen LogP contribution is -2.21. The standard InChI is InChI=1S/C16H15F2NO3/c1-7(2)12-13-11(5-10(17)14(12)18)19(8-3-4-8)6-9(15(13)20)16(21)22/h5-8H,3-4H2,1-2H3,(H,21,22). The van der Waals surface area contributed by atoms with E-state index in [1.54, 1.807) is 18.4 Å². The number of benzene rings is 1. The Bertz CT molecular complexity index is 851. The second-order valence-electron chi connectivity index (χ2n) is 5.95. The van der Waals surface area contributed by atoms with Crippen molar-refractivity contribution in [1.82, 2.24) is 4.57 Å². The van der Waals surface area contributed by atoms with Crippen LogP contribution in [0.5, 0.6) is 0 Å². The van der Waals surface area contributed by atoms with E-state index in [2.05, 4.69) is 0 Å². The molecule has 22 heavy (non-hydrogen) atoms. The maximum Gasteiger partial charge on any atom is 0.341 e. The van der Waals surface area contributed by atoms with E-state index < -0.39 is 34.5 Å². The summed E-state index contributed by atoms with van der Waals surface area (Å²) in [5, 5.41) is 9.20. The predicted molar refractivity (Wildman–Crippen MR) is 77.4 cm³/mol. The molecule has 116 valence electrons. The van der Waals surface area contributed by atoms with Crippen LogP contribution in [0.15, 0.2) is 17.1 Å². The van der Waals surface area contributed by atoms with Crippen LogP contribution in [-0.4, -0.2) is 15.6 Å². The van der Waals surface area contributed by atoms with Gasteiger partial charge in [-0.2, -0.15) is 0 Å². The number of carboxylic acids is 1. The summed E-state index contributed by atoms with van der Waals surface area (Å²) in [5.41, 5.74) is -0.966. The molecule has 0 bridgehead atoms. The molecule has 1 fully saturated rings. The normalized spacial score (nSPS) is 14.8. The lowest BCUT2D eigenvalue weighted by Gasteiger charge is -2.17. The van der Waals surface area contributed by atoms with Crippen molar-refractivity contribution < 1.29 is 18.7 Å². The van der Waals surface area contributed by atoms with Gasteiger partial charge in [-0.15, -0.1) is 0 Å². The largest absolute Gasteiger partial charge is 0.477 e. The number of halogens is 2. The summed E-state index contributed by atoms with van der Waals surface area (Å²) in [6.07, 6.45) is 2.90. The Balaban J connectivity index is 2.55. The van der Waals surface area contributed by atoms with E-state index in [4.69, 9.17) is 0 Å². The zero-order valence-corrected chi connectivity index (χ0v) is 12.2. The van der Waals surface area contributed by atoms with Crippen LogP contribution in [0.1, 0.15) is 54.6 Å². The van der Waals surface area contributed by atoms with E-state index in [-0.39, 0.29) is 22.5 Å². The highest BCUT2D eigenvalue weighted by Crippen LogP contribution is 2.38. The first-order valence-electron chi connectivity index (χ1n) is 7.13. The minimum atomic E-state index is -1.36. The third kappa shape index (κ3) is 2.10. The smallest absolute Gasteiger partial charge is 0.341 e. The molecule has 0 saturated heterocycles. The maximum atomic E-state index is 14.2. The van der Waals surface area contributed by atoms with Crippen LogP contribution in [0.4, 0.5) is 8.78 Å². The van der Waals surface area contributed by atoms with E-state index >= 15 is 0 Å². The molecule has 0 atom stereocenters. The van der Waals surface area contributed by atoms with Gasteiger partial charge in [0, 0.05) is 23.9 Å². The minimum absolute atomic E-state index is 0.0271. The molecule has 0 unspecified atom stereocenters. The van der Waals surface area contributed by atoms with Crippen molar-refractivity contribution in [1.29, 1.82) is 0 Å². The van der Waals surface area contributed by atoms with Crippen molar-refractivity contribution in [2.24, 2.45) is 0 Å². The third-order valence-corrected chi connectivity index (χ3v) is 4.00. The summed E-state index contributed by atoms with van der Waals surface area (Å²) >= 11 is 0. The molecule has 1 aliphatic rings. The number of pyridine rings is 1. The van der Waals surface area contributed by atoms with Gasteiger partial charge in [-0.25, -0.2) is 13.6 Å². The maximum absolute atomic E-state index is 14.2. The fourth-order valence-electron chi connectivity index (χ4n) is 2.83. The fourth-order valence-corrected chi connectivity index (χ4v) is 2.83. The van der Waals surface area contributed by atoms with E-state index in [1.165, 1.54) is 6.20 Å². The zero-order chi connectivity index (χ0) is 16.2. The Morgan fingerprint density at radius 3 is 2.50 bits per heavy atom. The highest BCUT2D eigenvalue weighted by molar-refractivity contribution is 5.94. The minimum Gasteiger partial charge on any atom is -0.477 e. The number of carbonyl (C=O) groups is 1. The molecule has 0 spiro atoms. The number of hydrogen-bond donors (Lipinski definition) is 1. The molecule has 3 rings (SSSR count). The van der Waals surface area contributed by atoms with Crippen LogP contribution in [-0.2, 0) is 0 Å². The number of aromatic carboxylic acids is 1. The van der Waals surface area contributed by atoms with Crippen LogP contribution in [0.2, 0.25) is 0 Å². The number of aromatic nitrogens is 1. The first kappa shape index (κ1) is 14.7. The number of fused-ring (bicyclic) bond motifs is 1. The lowest BCUT2D eigenvalue weighted by atomic mass is 9.95. The third-order valence-electron chi connectivity index (χ3n) is 4.00. The van der Waals surface area contributed by atoms with Crippen molar-refractivity contribution in [3.05, 3.63) is 45.2 Å². The summed E-state index contributed by atoms with van der Waals surface area (Å²) < 4.78 is 29.7. The number of nitrogens with zero attached hydrogens (tertiary/aromatic N) is 1. The number of rotatable bonds is 3. The van der Waals surface area contributed by atoms with Gasteiger partial charge in [0.1, 0.15) is 5.56 Å². The molecule has 1 N–H and O–H groups in total. The van der Waals surface area contributed by atoms with E-state index in [0.29, 0.717) is 0 Å². The molecule has 1 aromatic carbocycles. The van der Waals surface area contributed by atoms with Crippen molar-refractivity contribution in [3.8, 4) is 0 Å². The summed E-state index contributed by atoms with van der Waals surface area (Å²) in [7, 11) is 0. The number of hydrogen-bond acceptors (Lipinski definition) is 2. The predicted octanol–water partition coefficient (Wildman–Crippen LogP) is 3.44. The molecule has 0 radical (unpaired) electrons. The van der Waals surface area contributed by atoms with Gasteiger partial charge < -0.3 is 9.67 Å². The van der Waals surface area contributed by atoms with Crippen LogP contribution in [0.25, 0.3) is 10.9 Å². The van der Waals surface area contributed by atoms with Crippen molar-refractivity contribution in [2.75, 3.05) is 0 Å². The van der Waals surface area contributed by atoms with Gasteiger partial charge >= 0.3 is 5.97 Å². The van der Waals surface area contributed by atoms with Gasteiger partial charge in [0.15, 0.2) is 11.6 Å². The molecular formula is C16H15F2NO3. The van der Waals surface area contributed by atoms with E-state index in [1.807, 2.05) is 0 Å². The van der Waals surface area contributed by atoms with Gasteiger partial charge in [0.2, 0.25) is 5.43 Å². The van der Waals surface area contributed by atoms with E-state index in [9.17, 15) is 23.5 Å². The second-order valence-corrected chi connectivity index (χ2v) is 5.95. The molecule has 1 saturated carbocycles. The van der Waals surface area contributed by atoms with Gasteiger partial charge in [-0.3, -0.25) is 4.79 Å². The van der Waals surface area contributed by atoms with Gasteiger partial charge in [-0.05, 0) is 18.8 Å². The summed E-state index contributed by atoms with van der Waals surface area (Å²) in [5.74, 6) is -3.90. The molecular weight excluding hydrogens is 292 g/mol. The van der Waals surface area contributed by atoms with Gasteiger partial charge in [0.25, 0.3) is 0 Å². The molecule has 0 aliphatic heterocycles. The Hall–Kier alpha value is -2.24. The van der Waals surface area contributed by atoms with Crippen LogP contribution in [0.3, 0.4) is 0 Å². The first-order chi connectivity index (χ1) is 10.3. The Labute approximate surface area is 125 Å². The van der Waals surface area contributed by atoms with Crippen molar-refractivity contribution in [2.45, 2.75) is 38.6 Å². The Kier molecular flexibility index (Phi) is 3.27. The summed E-state index contributed by atoms with van der Waals surface area (Å²) in [4.78, 5) is 23.8. The highest BCUT2D eigenvalue weighted by atomic mass is 19.2. The molecule has 1 aromatic heterocycles.